The van der Waals surface area contributed by atoms with Gasteiger partial charge < -0.3 is 10.2 Å². The summed E-state index contributed by atoms with van der Waals surface area (Å²) in [5.41, 5.74) is 0.939. The molecule has 0 unspecified atom stereocenters. The Hall–Kier alpha value is -2.87. The number of alkyl halides is 3. The highest BCUT2D eigenvalue weighted by Gasteiger charge is 2.31. The molecule has 5 nitrogen and oxygen atoms in total. The third-order valence-corrected chi connectivity index (χ3v) is 5.38. The average molecular weight is 435 g/mol. The molecule has 0 radical (unpaired) electrons. The lowest BCUT2D eigenvalue weighted by molar-refractivity contribution is -0.137. The summed E-state index contributed by atoms with van der Waals surface area (Å²) in [6, 6.07) is 6.53. The van der Waals surface area contributed by atoms with Crippen molar-refractivity contribution in [2.75, 3.05) is 18.4 Å². The number of aryl methyl sites for hydroxylation is 1. The van der Waals surface area contributed by atoms with E-state index in [1.54, 1.807) is 24.0 Å². The zero-order valence-corrected chi connectivity index (χ0v) is 16.8. The third-order valence-electron chi connectivity index (χ3n) is 5.05. The first kappa shape index (κ1) is 20.4. The molecule has 30 heavy (non-hydrogen) atoms. The van der Waals surface area contributed by atoms with Crippen molar-refractivity contribution in [2.45, 2.75) is 25.9 Å². The number of nitrogens with one attached hydrogen (secondary N) is 1. The molecule has 1 aliphatic heterocycles. The van der Waals surface area contributed by atoms with Gasteiger partial charge in [0.1, 0.15) is 0 Å². The maximum absolute atomic E-state index is 13.2. The van der Waals surface area contributed by atoms with Crippen molar-refractivity contribution in [3.8, 4) is 0 Å². The van der Waals surface area contributed by atoms with Crippen LogP contribution in [0.4, 0.5) is 24.5 Å². The first-order valence-electron chi connectivity index (χ1n) is 9.43. The van der Waals surface area contributed by atoms with Gasteiger partial charge in [0.15, 0.2) is 5.65 Å². The molecule has 2 aromatic heterocycles. The van der Waals surface area contributed by atoms with Gasteiger partial charge >= 0.3 is 6.18 Å². The Morgan fingerprint density at radius 1 is 1.17 bits per heavy atom. The highest BCUT2D eigenvalue weighted by molar-refractivity contribution is 6.33. The number of nitrogens with zero attached hydrogens (tertiary/aromatic N) is 3. The Kier molecular flexibility index (Phi) is 5.27. The summed E-state index contributed by atoms with van der Waals surface area (Å²) in [7, 11) is 0. The van der Waals surface area contributed by atoms with Crippen LogP contribution in [0.25, 0.3) is 11.0 Å². The van der Waals surface area contributed by atoms with Crippen LogP contribution in [-0.4, -0.2) is 33.9 Å². The zero-order chi connectivity index (χ0) is 21.5. The van der Waals surface area contributed by atoms with Gasteiger partial charge in [-0.1, -0.05) is 11.6 Å². The number of aromatic nitrogens is 2. The minimum atomic E-state index is -4.52. The fourth-order valence-corrected chi connectivity index (χ4v) is 3.66. The maximum Gasteiger partial charge on any atom is 0.416 e. The number of anilines is 2. The maximum atomic E-state index is 13.2. The Morgan fingerprint density at radius 2 is 1.90 bits per heavy atom. The highest BCUT2D eigenvalue weighted by Crippen LogP contribution is 2.37. The molecule has 0 spiro atoms. The summed E-state index contributed by atoms with van der Waals surface area (Å²) in [5.74, 6) is -0.229. The van der Waals surface area contributed by atoms with Crippen LogP contribution in [0.2, 0.25) is 5.02 Å². The molecule has 156 valence electrons. The van der Waals surface area contributed by atoms with Gasteiger partial charge in [-0.25, -0.2) is 9.97 Å². The molecular formula is C21H18ClF3N4O. The van der Waals surface area contributed by atoms with E-state index in [0.717, 1.165) is 30.7 Å². The van der Waals surface area contributed by atoms with Crippen LogP contribution < -0.4 is 5.32 Å². The molecule has 0 saturated carbocycles. The third kappa shape index (κ3) is 3.92. The molecule has 4 rings (SSSR count). The number of likely N-dealkylation sites (tertiary alicyclic amines) is 1. The van der Waals surface area contributed by atoms with Gasteiger partial charge in [0.2, 0.25) is 0 Å². The van der Waals surface area contributed by atoms with Crippen LogP contribution in [0.5, 0.6) is 0 Å². The molecule has 9 heteroatoms. The summed E-state index contributed by atoms with van der Waals surface area (Å²) in [6.07, 6.45) is -1.28. The van der Waals surface area contributed by atoms with E-state index in [1.807, 2.05) is 0 Å². The number of carbonyl (C=O) groups excluding carboxylic acids is 1. The molecule has 0 bridgehead atoms. The number of rotatable bonds is 3. The Morgan fingerprint density at radius 3 is 2.60 bits per heavy atom. The summed E-state index contributed by atoms with van der Waals surface area (Å²) >= 11 is 6.18. The number of amides is 1. The number of pyridine rings is 2. The molecule has 1 aromatic carbocycles. The van der Waals surface area contributed by atoms with E-state index in [-0.39, 0.29) is 22.2 Å². The van der Waals surface area contributed by atoms with E-state index in [4.69, 9.17) is 11.6 Å². The molecule has 1 amide bonds. The minimum Gasteiger partial charge on any atom is -0.353 e. The number of halogens is 4. The second kappa shape index (κ2) is 7.75. The average Bonchev–Trinajstić information content (AvgIpc) is 3.23. The van der Waals surface area contributed by atoms with Gasteiger partial charge in [-0.3, -0.25) is 4.79 Å². The second-order valence-corrected chi connectivity index (χ2v) is 7.59. The lowest BCUT2D eigenvalue weighted by atomic mass is 10.1. The summed E-state index contributed by atoms with van der Waals surface area (Å²) in [4.78, 5) is 23.5. The van der Waals surface area contributed by atoms with E-state index in [0.29, 0.717) is 29.8 Å². The molecule has 1 aliphatic rings. The molecule has 1 saturated heterocycles. The summed E-state index contributed by atoms with van der Waals surface area (Å²) in [5, 5.41) is 3.59. The van der Waals surface area contributed by atoms with E-state index < -0.39 is 11.7 Å². The van der Waals surface area contributed by atoms with Crippen LogP contribution >= 0.6 is 11.6 Å². The molecule has 1 N–H and O–H groups in total. The summed E-state index contributed by atoms with van der Waals surface area (Å²) in [6.45, 7) is 3.07. The van der Waals surface area contributed by atoms with Crippen LogP contribution in [0, 0.1) is 6.92 Å². The van der Waals surface area contributed by atoms with Crippen molar-refractivity contribution in [1.29, 1.82) is 0 Å². The predicted octanol–water partition coefficient (Wildman–Crippen LogP) is 5.59. The number of hydrogen-bond donors (Lipinski definition) is 1. The van der Waals surface area contributed by atoms with Gasteiger partial charge in [-0.05, 0) is 50.1 Å². The number of fused-ring (bicyclic) bond motifs is 1. The van der Waals surface area contributed by atoms with Crippen molar-refractivity contribution in [2.24, 2.45) is 0 Å². The Bertz CT molecular complexity index is 1130. The first-order valence-corrected chi connectivity index (χ1v) is 9.81. The van der Waals surface area contributed by atoms with E-state index >= 15 is 0 Å². The van der Waals surface area contributed by atoms with Crippen molar-refractivity contribution >= 4 is 39.9 Å². The largest absolute Gasteiger partial charge is 0.416 e. The second-order valence-electron chi connectivity index (χ2n) is 7.19. The molecule has 0 atom stereocenters. The number of hydrogen-bond acceptors (Lipinski definition) is 4. The standard InChI is InChI=1S/C21H18ClF3N4O/c1-12-4-6-14-18(28-17-10-13(21(23,24)25)5-7-16(17)22)15(11-26-19(14)27-12)20(30)29-8-2-3-9-29/h4-7,10-11H,2-3,8-9H2,1H3,(H,26,27,28). The van der Waals surface area contributed by atoms with Crippen molar-refractivity contribution < 1.29 is 18.0 Å². The highest BCUT2D eigenvalue weighted by atomic mass is 35.5. The van der Waals surface area contributed by atoms with Gasteiger partial charge in [-0.15, -0.1) is 0 Å². The van der Waals surface area contributed by atoms with E-state index in [9.17, 15) is 18.0 Å². The SMILES string of the molecule is Cc1ccc2c(Nc3cc(C(F)(F)F)ccc3Cl)c(C(=O)N3CCCC3)cnc2n1. The monoisotopic (exact) mass is 434 g/mol. The number of carbonyl (C=O) groups is 1. The summed E-state index contributed by atoms with van der Waals surface area (Å²) < 4.78 is 39.6. The predicted molar refractivity (Wildman–Crippen MR) is 109 cm³/mol. The van der Waals surface area contributed by atoms with Gasteiger partial charge in [0, 0.05) is 30.4 Å². The van der Waals surface area contributed by atoms with Gasteiger partial charge in [-0.2, -0.15) is 13.2 Å². The van der Waals surface area contributed by atoms with Crippen molar-refractivity contribution in [1.82, 2.24) is 14.9 Å². The normalized spacial score (nSPS) is 14.4. The van der Waals surface area contributed by atoms with Crippen molar-refractivity contribution in [3.05, 3.63) is 58.4 Å². The van der Waals surface area contributed by atoms with Gasteiger partial charge in [0.25, 0.3) is 5.91 Å². The number of benzene rings is 1. The van der Waals surface area contributed by atoms with Crippen LogP contribution in [0.3, 0.4) is 0 Å². The Balaban J connectivity index is 1.86. The minimum absolute atomic E-state index is 0.0510. The smallest absolute Gasteiger partial charge is 0.353 e. The topological polar surface area (TPSA) is 58.1 Å². The zero-order valence-electron chi connectivity index (χ0n) is 16.1. The van der Waals surface area contributed by atoms with E-state index in [2.05, 4.69) is 15.3 Å². The molecule has 1 fully saturated rings. The lowest BCUT2D eigenvalue weighted by Gasteiger charge is -2.20. The lowest BCUT2D eigenvalue weighted by Crippen LogP contribution is -2.28. The first-order chi connectivity index (χ1) is 14.2. The molecule has 0 aliphatic carbocycles. The van der Waals surface area contributed by atoms with Crippen LogP contribution in [-0.2, 0) is 6.18 Å². The van der Waals surface area contributed by atoms with Crippen molar-refractivity contribution in [3.63, 3.8) is 0 Å². The molecule has 3 heterocycles. The fraction of sp³-hybridized carbons (Fsp3) is 0.286. The molecule has 3 aromatic rings. The molecular weight excluding hydrogens is 417 g/mol. The van der Waals surface area contributed by atoms with Crippen LogP contribution in [0.1, 0.15) is 34.5 Å². The van der Waals surface area contributed by atoms with E-state index in [1.165, 1.54) is 12.3 Å². The Labute approximate surface area is 175 Å². The fourth-order valence-electron chi connectivity index (χ4n) is 3.49. The van der Waals surface area contributed by atoms with Crippen LogP contribution in [0.15, 0.2) is 36.5 Å². The van der Waals surface area contributed by atoms with Gasteiger partial charge in [0.05, 0.1) is 27.5 Å². The quantitative estimate of drug-likeness (QED) is 0.583.